The molecule has 130 valence electrons. The van der Waals surface area contributed by atoms with E-state index in [1.807, 2.05) is 41.6 Å². The predicted molar refractivity (Wildman–Crippen MR) is 98.2 cm³/mol. The topological polar surface area (TPSA) is 86.5 Å². The number of anilines is 2. The van der Waals surface area contributed by atoms with Crippen molar-refractivity contribution in [2.45, 2.75) is 26.4 Å². The van der Waals surface area contributed by atoms with Crippen molar-refractivity contribution in [3.05, 3.63) is 35.2 Å². The van der Waals surface area contributed by atoms with Crippen molar-refractivity contribution in [2.75, 3.05) is 17.0 Å². The van der Waals surface area contributed by atoms with E-state index in [1.165, 1.54) is 0 Å². The maximum atomic E-state index is 10.0. The Morgan fingerprint density at radius 1 is 1.32 bits per heavy atom. The molecule has 0 spiro atoms. The van der Waals surface area contributed by atoms with Crippen LogP contribution in [0, 0.1) is 6.92 Å². The third kappa shape index (κ3) is 3.11. The van der Waals surface area contributed by atoms with E-state index in [9.17, 15) is 5.11 Å². The normalized spacial score (nSPS) is 13.8. The SMILES string of the molecule is Cc1ccsc1-c1nc(-c2ccc3c(c2)NNN3CC(C)(C)O)no1. The highest BCUT2D eigenvalue weighted by Crippen LogP contribution is 2.34. The third-order valence-electron chi connectivity index (χ3n) is 3.90. The summed E-state index contributed by atoms with van der Waals surface area (Å²) in [5, 5.41) is 18.0. The van der Waals surface area contributed by atoms with Crippen LogP contribution < -0.4 is 16.0 Å². The minimum atomic E-state index is -0.809. The number of aliphatic hydroxyl groups is 1. The molecule has 25 heavy (non-hydrogen) atoms. The first-order valence-electron chi connectivity index (χ1n) is 7.95. The molecule has 4 rings (SSSR count). The second-order valence-electron chi connectivity index (χ2n) is 6.72. The number of hydrogen-bond acceptors (Lipinski definition) is 8. The number of fused-ring (bicyclic) bond motifs is 1. The average Bonchev–Trinajstić information content (AvgIpc) is 3.25. The fourth-order valence-corrected chi connectivity index (χ4v) is 3.58. The molecule has 3 N–H and O–H groups in total. The number of aromatic nitrogens is 2. The van der Waals surface area contributed by atoms with Crippen molar-refractivity contribution in [1.82, 2.24) is 15.7 Å². The predicted octanol–water partition coefficient (Wildman–Crippen LogP) is 3.20. The molecule has 0 atom stereocenters. The van der Waals surface area contributed by atoms with E-state index in [4.69, 9.17) is 4.52 Å². The first kappa shape index (κ1) is 16.1. The first-order valence-corrected chi connectivity index (χ1v) is 8.83. The fraction of sp³-hybridized carbons (Fsp3) is 0.294. The number of hydrazine groups is 2. The Labute approximate surface area is 149 Å². The van der Waals surface area contributed by atoms with Gasteiger partial charge in [0.05, 0.1) is 28.4 Å². The van der Waals surface area contributed by atoms with Gasteiger partial charge in [0.25, 0.3) is 5.89 Å². The van der Waals surface area contributed by atoms with Gasteiger partial charge in [-0.25, -0.2) is 0 Å². The highest BCUT2D eigenvalue weighted by molar-refractivity contribution is 7.13. The van der Waals surface area contributed by atoms with E-state index in [-0.39, 0.29) is 0 Å². The zero-order valence-electron chi connectivity index (χ0n) is 14.2. The maximum absolute atomic E-state index is 10.0. The van der Waals surface area contributed by atoms with Gasteiger partial charge in [-0.1, -0.05) is 5.16 Å². The van der Waals surface area contributed by atoms with Gasteiger partial charge in [0, 0.05) is 5.56 Å². The number of β-amino-alcohol motifs (C(OH)–C–C–N with tert-alkyl or cyclic N) is 1. The summed E-state index contributed by atoms with van der Waals surface area (Å²) in [6.45, 7) is 6.02. The van der Waals surface area contributed by atoms with Crippen LogP contribution in [0.2, 0.25) is 0 Å². The summed E-state index contributed by atoms with van der Waals surface area (Å²) in [4.78, 5) is 5.51. The van der Waals surface area contributed by atoms with Crippen LogP contribution in [-0.4, -0.2) is 27.4 Å². The highest BCUT2D eigenvalue weighted by atomic mass is 32.1. The van der Waals surface area contributed by atoms with Crippen LogP contribution in [0.25, 0.3) is 22.2 Å². The van der Waals surface area contributed by atoms with E-state index in [0.717, 1.165) is 27.4 Å². The molecule has 0 saturated heterocycles. The van der Waals surface area contributed by atoms with Gasteiger partial charge < -0.3 is 15.1 Å². The Hall–Kier alpha value is -2.42. The molecule has 3 heterocycles. The summed E-state index contributed by atoms with van der Waals surface area (Å²) in [5.74, 6) is 1.09. The van der Waals surface area contributed by atoms with Crippen LogP contribution in [0.4, 0.5) is 11.4 Å². The van der Waals surface area contributed by atoms with Crippen LogP contribution in [0.15, 0.2) is 34.2 Å². The molecule has 0 saturated carbocycles. The lowest BCUT2D eigenvalue weighted by molar-refractivity contribution is 0.0858. The van der Waals surface area contributed by atoms with Crippen molar-refractivity contribution < 1.29 is 9.63 Å². The van der Waals surface area contributed by atoms with Crippen LogP contribution in [0.1, 0.15) is 19.4 Å². The Bertz CT molecular complexity index is 912. The van der Waals surface area contributed by atoms with Crippen LogP contribution in [-0.2, 0) is 0 Å². The number of benzene rings is 1. The van der Waals surface area contributed by atoms with Crippen molar-refractivity contribution in [3.8, 4) is 22.2 Å². The zero-order chi connectivity index (χ0) is 17.6. The summed E-state index contributed by atoms with van der Waals surface area (Å²) in [7, 11) is 0. The summed E-state index contributed by atoms with van der Waals surface area (Å²) in [5.41, 5.74) is 9.21. The molecule has 1 aromatic carbocycles. The standard InChI is InChI=1S/C17H19N5O2S/c1-10-6-7-25-14(10)16-18-15(20-24-16)11-4-5-13-12(8-11)19-21-22(13)9-17(2,3)23/h4-8,19,21,23H,9H2,1-3H3. The largest absolute Gasteiger partial charge is 0.389 e. The molecular formula is C17H19N5O2S. The van der Waals surface area contributed by atoms with E-state index in [2.05, 4.69) is 21.1 Å². The lowest BCUT2D eigenvalue weighted by Crippen LogP contribution is -2.45. The molecule has 0 fully saturated rings. The molecule has 1 aliphatic heterocycles. The maximum Gasteiger partial charge on any atom is 0.268 e. The zero-order valence-corrected chi connectivity index (χ0v) is 15.0. The van der Waals surface area contributed by atoms with Crippen LogP contribution >= 0.6 is 11.3 Å². The summed E-state index contributed by atoms with van der Waals surface area (Å²) >= 11 is 1.59. The number of nitrogens with one attached hydrogen (secondary N) is 2. The van der Waals surface area contributed by atoms with E-state index in [0.29, 0.717) is 18.3 Å². The Morgan fingerprint density at radius 3 is 2.88 bits per heavy atom. The van der Waals surface area contributed by atoms with Crippen molar-refractivity contribution >= 4 is 22.7 Å². The van der Waals surface area contributed by atoms with Crippen molar-refractivity contribution in [3.63, 3.8) is 0 Å². The number of thiophene rings is 1. The van der Waals surface area contributed by atoms with Gasteiger partial charge in [-0.3, -0.25) is 5.01 Å². The third-order valence-corrected chi connectivity index (χ3v) is 4.90. The van der Waals surface area contributed by atoms with Gasteiger partial charge in [-0.2, -0.15) is 4.98 Å². The fourth-order valence-electron chi connectivity index (χ4n) is 2.73. The monoisotopic (exact) mass is 357 g/mol. The quantitative estimate of drug-likeness (QED) is 0.661. The smallest absolute Gasteiger partial charge is 0.268 e. The second-order valence-corrected chi connectivity index (χ2v) is 7.64. The number of rotatable bonds is 4. The molecule has 0 unspecified atom stereocenters. The summed E-state index contributed by atoms with van der Waals surface area (Å²) < 4.78 is 5.42. The Kier molecular flexibility index (Phi) is 3.75. The minimum Gasteiger partial charge on any atom is -0.389 e. The van der Waals surface area contributed by atoms with Gasteiger partial charge in [0.1, 0.15) is 0 Å². The summed E-state index contributed by atoms with van der Waals surface area (Å²) in [6.07, 6.45) is 0. The molecule has 7 nitrogen and oxygen atoms in total. The first-order chi connectivity index (χ1) is 11.9. The average molecular weight is 357 g/mol. The Balaban J connectivity index is 1.61. The van der Waals surface area contributed by atoms with Gasteiger partial charge in [-0.05, 0) is 56.0 Å². The molecule has 3 aromatic rings. The lowest BCUT2D eigenvalue weighted by Gasteiger charge is -2.26. The summed E-state index contributed by atoms with van der Waals surface area (Å²) in [6, 6.07) is 7.91. The number of aryl methyl sites for hydroxylation is 1. The minimum absolute atomic E-state index is 0.455. The van der Waals surface area contributed by atoms with Crippen molar-refractivity contribution in [2.24, 2.45) is 0 Å². The molecule has 0 radical (unpaired) electrons. The van der Waals surface area contributed by atoms with E-state index < -0.39 is 5.60 Å². The molecule has 8 heteroatoms. The van der Waals surface area contributed by atoms with Gasteiger partial charge in [0.15, 0.2) is 0 Å². The second kappa shape index (κ2) is 5.83. The van der Waals surface area contributed by atoms with Gasteiger partial charge in [-0.15, -0.1) is 16.9 Å². The van der Waals surface area contributed by atoms with Gasteiger partial charge >= 0.3 is 0 Å². The van der Waals surface area contributed by atoms with E-state index in [1.54, 1.807) is 25.2 Å². The Morgan fingerprint density at radius 2 is 2.16 bits per heavy atom. The molecule has 2 aromatic heterocycles. The molecule has 0 aliphatic carbocycles. The highest BCUT2D eigenvalue weighted by Gasteiger charge is 2.25. The molecule has 0 bridgehead atoms. The number of nitrogens with zero attached hydrogens (tertiary/aromatic N) is 3. The van der Waals surface area contributed by atoms with Crippen molar-refractivity contribution in [1.29, 1.82) is 0 Å². The van der Waals surface area contributed by atoms with Gasteiger partial charge in [0.2, 0.25) is 5.82 Å². The molecule has 0 amide bonds. The lowest BCUT2D eigenvalue weighted by atomic mass is 10.1. The van der Waals surface area contributed by atoms with E-state index >= 15 is 0 Å². The van der Waals surface area contributed by atoms with Crippen LogP contribution in [0.5, 0.6) is 0 Å². The molecular weight excluding hydrogens is 338 g/mol. The number of hydrogen-bond donors (Lipinski definition) is 3. The van der Waals surface area contributed by atoms with Crippen LogP contribution in [0.3, 0.4) is 0 Å². The molecule has 1 aliphatic rings.